The Kier molecular flexibility index (Phi) is 7.68. The lowest BCUT2D eigenvalue weighted by Gasteiger charge is -2.42. The Morgan fingerprint density at radius 2 is 1.94 bits per heavy atom. The molecule has 0 aromatic carbocycles. The van der Waals surface area contributed by atoms with Crippen molar-refractivity contribution in [1.82, 2.24) is 20.0 Å². The third kappa shape index (κ3) is 5.43. The molecule has 3 atom stereocenters. The van der Waals surface area contributed by atoms with Crippen LogP contribution < -0.4 is 0 Å². The van der Waals surface area contributed by atoms with Gasteiger partial charge in [0.15, 0.2) is 11.4 Å². The van der Waals surface area contributed by atoms with E-state index in [1.807, 2.05) is 11.0 Å². The fourth-order valence-electron chi connectivity index (χ4n) is 4.30. The van der Waals surface area contributed by atoms with Crippen molar-refractivity contribution in [1.29, 1.82) is 0 Å². The number of rotatable bonds is 7. The van der Waals surface area contributed by atoms with Crippen molar-refractivity contribution >= 4 is 11.8 Å². The summed E-state index contributed by atoms with van der Waals surface area (Å²) in [5.74, 6) is 1.91. The first kappa shape index (κ1) is 23.6. The van der Waals surface area contributed by atoms with Gasteiger partial charge in [0.2, 0.25) is 5.90 Å². The number of nitrogens with zero attached hydrogens (tertiary/aromatic N) is 5. The molecule has 7 nitrogen and oxygen atoms in total. The number of ether oxygens (including phenoxy) is 1. The third-order valence-electron chi connectivity index (χ3n) is 6.65. The van der Waals surface area contributed by atoms with E-state index in [4.69, 9.17) is 9.73 Å². The molecule has 1 amide bonds. The van der Waals surface area contributed by atoms with E-state index >= 15 is 0 Å². The molecule has 3 rings (SSSR count). The van der Waals surface area contributed by atoms with Crippen LogP contribution in [-0.4, -0.2) is 77.2 Å². The zero-order valence-electron chi connectivity index (χ0n) is 20.3. The largest absolute Gasteiger partial charge is 0.474 e. The van der Waals surface area contributed by atoms with E-state index in [9.17, 15) is 4.79 Å². The van der Waals surface area contributed by atoms with Crippen LogP contribution in [0.3, 0.4) is 0 Å². The van der Waals surface area contributed by atoms with Gasteiger partial charge in [-0.3, -0.25) is 9.69 Å². The second-order valence-corrected chi connectivity index (χ2v) is 9.94. The van der Waals surface area contributed by atoms with Gasteiger partial charge in [0.05, 0.1) is 6.04 Å². The molecule has 1 unspecified atom stereocenters. The quantitative estimate of drug-likeness (QED) is 0.665. The van der Waals surface area contributed by atoms with Crippen molar-refractivity contribution in [2.45, 2.75) is 66.5 Å². The lowest BCUT2D eigenvalue weighted by Crippen LogP contribution is -2.55. The number of amides is 1. The van der Waals surface area contributed by atoms with E-state index in [2.05, 4.69) is 63.7 Å². The van der Waals surface area contributed by atoms with Gasteiger partial charge in [0.1, 0.15) is 6.61 Å². The van der Waals surface area contributed by atoms with Crippen LogP contribution in [0.4, 0.5) is 0 Å². The van der Waals surface area contributed by atoms with E-state index in [1.54, 1.807) is 0 Å². The number of aromatic nitrogens is 2. The van der Waals surface area contributed by atoms with Gasteiger partial charge in [0, 0.05) is 25.7 Å². The molecule has 0 saturated carbocycles. The minimum absolute atomic E-state index is 0.0280. The Morgan fingerprint density at radius 1 is 1.19 bits per heavy atom. The summed E-state index contributed by atoms with van der Waals surface area (Å²) in [6.45, 7) is 16.0. The number of piperazine rings is 1. The lowest BCUT2D eigenvalue weighted by molar-refractivity contribution is 0.0436. The van der Waals surface area contributed by atoms with Crippen molar-refractivity contribution in [2.75, 3.05) is 33.3 Å². The molecule has 1 fully saturated rings. The monoisotopic (exact) mass is 429 g/mol. The Hall–Kier alpha value is -2.02. The summed E-state index contributed by atoms with van der Waals surface area (Å²) in [6, 6.07) is 2.43. The highest BCUT2D eigenvalue weighted by molar-refractivity contribution is 5.96. The highest BCUT2D eigenvalue weighted by Gasteiger charge is 2.32. The molecule has 7 heteroatoms. The molecule has 1 saturated heterocycles. The first-order valence-corrected chi connectivity index (χ1v) is 11.8. The molecule has 2 aliphatic heterocycles. The average Bonchev–Trinajstić information content (AvgIpc) is 3.23. The molecule has 0 bridgehead atoms. The maximum atomic E-state index is 13.3. The van der Waals surface area contributed by atoms with Gasteiger partial charge in [-0.15, -0.1) is 10.2 Å². The second-order valence-electron chi connectivity index (χ2n) is 9.94. The minimum atomic E-state index is -0.0280. The Balaban J connectivity index is 1.85. The van der Waals surface area contributed by atoms with Crippen LogP contribution in [0.5, 0.6) is 0 Å². The molecular weight excluding hydrogens is 390 g/mol. The van der Waals surface area contributed by atoms with Crippen LogP contribution in [0, 0.1) is 17.8 Å². The number of likely N-dealkylation sites (N-methyl/N-ethyl adjacent to an activating group) is 1. The number of hydrogen-bond acceptors (Lipinski definition) is 6. The highest BCUT2D eigenvalue weighted by atomic mass is 16.5. The molecule has 0 N–H and O–H groups in total. The zero-order chi connectivity index (χ0) is 22.7. The maximum Gasteiger partial charge on any atom is 0.274 e. The van der Waals surface area contributed by atoms with E-state index in [1.165, 1.54) is 0 Å². The summed E-state index contributed by atoms with van der Waals surface area (Å²) in [5, 5.41) is 8.77. The molecule has 172 valence electrons. The molecule has 0 spiro atoms. The molecule has 1 aromatic rings. The van der Waals surface area contributed by atoms with E-state index < -0.39 is 0 Å². The Labute approximate surface area is 187 Å². The van der Waals surface area contributed by atoms with Crippen LogP contribution in [0.25, 0.3) is 0 Å². The van der Waals surface area contributed by atoms with Gasteiger partial charge < -0.3 is 9.64 Å². The lowest BCUT2D eigenvalue weighted by atomic mass is 9.95. The van der Waals surface area contributed by atoms with Crippen LogP contribution in [-0.2, 0) is 11.2 Å². The summed E-state index contributed by atoms with van der Waals surface area (Å²) in [6.07, 6.45) is 1.90. The molecule has 0 aliphatic carbocycles. The van der Waals surface area contributed by atoms with E-state index in [-0.39, 0.29) is 11.9 Å². The number of aliphatic imine (C=N–C) groups is 1. The molecule has 1 aromatic heterocycles. The smallest absolute Gasteiger partial charge is 0.274 e. The minimum Gasteiger partial charge on any atom is -0.474 e. The molecule has 0 radical (unpaired) electrons. The van der Waals surface area contributed by atoms with Gasteiger partial charge in [-0.05, 0) is 42.9 Å². The van der Waals surface area contributed by atoms with Crippen LogP contribution >= 0.6 is 0 Å². The number of carbonyl (C=O) groups is 1. The SMILES string of the molecule is CCC(C)[C@H]1CN(C(=O)c2cc(CC(C)C)c(C3=N[C@@H](C(C)C)CO3)nn2)CCN1C. The van der Waals surface area contributed by atoms with Gasteiger partial charge in [-0.25, -0.2) is 4.99 Å². The maximum absolute atomic E-state index is 13.3. The van der Waals surface area contributed by atoms with Gasteiger partial charge in [-0.2, -0.15) is 0 Å². The normalized spacial score (nSPS) is 23.3. The van der Waals surface area contributed by atoms with Crippen molar-refractivity contribution in [3.63, 3.8) is 0 Å². The van der Waals surface area contributed by atoms with E-state index in [0.29, 0.717) is 47.7 Å². The standard InChI is InChI=1S/C24H39N5O2/c1-8-17(6)21-13-29(10-9-28(21)7)24(30)19-12-18(11-15(2)3)22(27-26-19)23-25-20(14-31-23)16(4)5/h12,15-17,20-21H,8-11,13-14H2,1-7H3/t17?,20-,21-/m1/s1. The number of carbonyl (C=O) groups excluding carboxylic acids is 1. The molecule has 31 heavy (non-hydrogen) atoms. The first-order valence-electron chi connectivity index (χ1n) is 11.8. The van der Waals surface area contributed by atoms with E-state index in [0.717, 1.165) is 38.0 Å². The predicted molar refractivity (Wildman–Crippen MR) is 123 cm³/mol. The van der Waals surface area contributed by atoms with Crippen molar-refractivity contribution in [3.05, 3.63) is 23.0 Å². The fourth-order valence-corrected chi connectivity index (χ4v) is 4.30. The second kappa shape index (κ2) is 10.1. The van der Waals surface area contributed by atoms with Crippen molar-refractivity contribution < 1.29 is 9.53 Å². The third-order valence-corrected chi connectivity index (χ3v) is 6.65. The number of hydrogen-bond donors (Lipinski definition) is 0. The summed E-state index contributed by atoms with van der Waals surface area (Å²) >= 11 is 0. The van der Waals surface area contributed by atoms with Gasteiger partial charge >= 0.3 is 0 Å². The van der Waals surface area contributed by atoms with Crippen LogP contribution in [0.1, 0.15) is 69.7 Å². The molecule has 3 heterocycles. The van der Waals surface area contributed by atoms with Crippen molar-refractivity contribution in [3.8, 4) is 0 Å². The summed E-state index contributed by atoms with van der Waals surface area (Å²) in [5.41, 5.74) is 2.10. The van der Waals surface area contributed by atoms with Crippen molar-refractivity contribution in [2.24, 2.45) is 22.7 Å². The Bertz CT molecular complexity index is 803. The average molecular weight is 430 g/mol. The van der Waals surface area contributed by atoms with Gasteiger partial charge in [-0.1, -0.05) is 48.0 Å². The molecular formula is C24H39N5O2. The van der Waals surface area contributed by atoms with Gasteiger partial charge in [0.25, 0.3) is 5.91 Å². The topological polar surface area (TPSA) is 70.9 Å². The summed E-state index contributed by atoms with van der Waals surface area (Å²) < 4.78 is 5.86. The fraction of sp³-hybridized carbons (Fsp3) is 0.750. The highest BCUT2D eigenvalue weighted by Crippen LogP contribution is 2.23. The molecule has 2 aliphatic rings. The Morgan fingerprint density at radius 3 is 2.55 bits per heavy atom. The van der Waals surface area contributed by atoms with Crippen LogP contribution in [0.2, 0.25) is 0 Å². The predicted octanol–water partition coefficient (Wildman–Crippen LogP) is 3.28. The first-order chi connectivity index (χ1) is 14.7. The summed E-state index contributed by atoms with van der Waals surface area (Å²) in [4.78, 5) is 22.4. The summed E-state index contributed by atoms with van der Waals surface area (Å²) in [7, 11) is 2.15. The van der Waals surface area contributed by atoms with Crippen LogP contribution in [0.15, 0.2) is 11.1 Å². The zero-order valence-corrected chi connectivity index (χ0v) is 20.3.